The van der Waals surface area contributed by atoms with Gasteiger partial charge in [-0.05, 0) is 48.9 Å². The molecule has 8 nitrogen and oxygen atoms in total. The van der Waals surface area contributed by atoms with Crippen LogP contribution in [-0.4, -0.2) is 36.4 Å². The molecule has 0 aliphatic rings. The van der Waals surface area contributed by atoms with Gasteiger partial charge in [0, 0.05) is 5.56 Å². The summed E-state index contributed by atoms with van der Waals surface area (Å²) in [5, 5.41) is 13.0. The minimum Gasteiger partial charge on any atom is -0.497 e. The summed E-state index contributed by atoms with van der Waals surface area (Å²) in [6.07, 6.45) is 0. The number of amides is 1. The molecular weight excluding hydrogens is 388 g/mol. The molecule has 0 bridgehead atoms. The highest BCUT2D eigenvalue weighted by Crippen LogP contribution is 2.23. The molecule has 0 aliphatic heterocycles. The lowest BCUT2D eigenvalue weighted by molar-refractivity contribution is -0.123. The van der Waals surface area contributed by atoms with Gasteiger partial charge in [0.2, 0.25) is 5.76 Å². The fourth-order valence-electron chi connectivity index (χ4n) is 2.55. The van der Waals surface area contributed by atoms with Crippen LogP contribution in [0, 0.1) is 0 Å². The number of furan rings is 1. The molecule has 1 heterocycles. The monoisotopic (exact) mass is 408 g/mol. The smallest absolute Gasteiger partial charge is 0.371 e. The number of carbonyl (C=O) groups excluding carboxylic acids is 1. The SMILES string of the molecule is COc1ccc(OCC(=O)N/N=C(/C)c2ccc(-c3ccc(C(=O)O)o3)cc2)cc1. The van der Waals surface area contributed by atoms with Crippen LogP contribution in [0.4, 0.5) is 0 Å². The second-order valence-electron chi connectivity index (χ2n) is 6.24. The van der Waals surface area contributed by atoms with Gasteiger partial charge in [-0.2, -0.15) is 5.10 Å². The van der Waals surface area contributed by atoms with Gasteiger partial charge in [-0.1, -0.05) is 24.3 Å². The van der Waals surface area contributed by atoms with Crippen LogP contribution >= 0.6 is 0 Å². The summed E-state index contributed by atoms with van der Waals surface area (Å²) < 4.78 is 15.7. The van der Waals surface area contributed by atoms with Crippen molar-refractivity contribution >= 4 is 17.6 Å². The number of nitrogens with one attached hydrogen (secondary N) is 1. The Kier molecular flexibility index (Phi) is 6.49. The summed E-state index contributed by atoms with van der Waals surface area (Å²) in [6, 6.07) is 17.1. The highest BCUT2D eigenvalue weighted by atomic mass is 16.5. The highest BCUT2D eigenvalue weighted by Gasteiger charge is 2.10. The Hall–Kier alpha value is -4.07. The fourth-order valence-corrected chi connectivity index (χ4v) is 2.55. The average Bonchev–Trinajstić information content (AvgIpc) is 3.27. The van der Waals surface area contributed by atoms with Gasteiger partial charge in [0.15, 0.2) is 6.61 Å². The van der Waals surface area contributed by atoms with Crippen LogP contribution in [0.3, 0.4) is 0 Å². The molecule has 8 heteroatoms. The molecule has 2 N–H and O–H groups in total. The Morgan fingerprint density at radius 2 is 1.67 bits per heavy atom. The maximum Gasteiger partial charge on any atom is 0.371 e. The number of aromatic carboxylic acids is 1. The molecule has 1 amide bonds. The molecule has 3 rings (SSSR count). The zero-order valence-corrected chi connectivity index (χ0v) is 16.4. The number of carboxylic acid groups (broad SMARTS) is 1. The number of ether oxygens (including phenoxy) is 2. The third kappa shape index (κ3) is 5.26. The largest absolute Gasteiger partial charge is 0.497 e. The number of methoxy groups -OCH3 is 1. The van der Waals surface area contributed by atoms with E-state index in [0.717, 1.165) is 11.1 Å². The number of hydrogen-bond donors (Lipinski definition) is 2. The van der Waals surface area contributed by atoms with Gasteiger partial charge in [0.05, 0.1) is 12.8 Å². The number of benzene rings is 2. The molecule has 1 aromatic heterocycles. The molecular formula is C22H20N2O6. The second-order valence-corrected chi connectivity index (χ2v) is 6.24. The fraction of sp³-hybridized carbons (Fsp3) is 0.136. The number of rotatable bonds is 8. The molecule has 2 aromatic carbocycles. The van der Waals surface area contributed by atoms with Crippen molar-refractivity contribution in [2.24, 2.45) is 5.10 Å². The first-order valence-corrected chi connectivity index (χ1v) is 9.00. The molecule has 0 saturated heterocycles. The van der Waals surface area contributed by atoms with E-state index in [1.807, 2.05) is 0 Å². The van der Waals surface area contributed by atoms with E-state index in [1.54, 1.807) is 68.6 Å². The molecule has 154 valence electrons. The van der Waals surface area contributed by atoms with Gasteiger partial charge < -0.3 is 19.0 Å². The molecule has 3 aromatic rings. The Bertz CT molecular complexity index is 1050. The Morgan fingerprint density at radius 1 is 1.00 bits per heavy atom. The highest BCUT2D eigenvalue weighted by molar-refractivity contribution is 5.99. The van der Waals surface area contributed by atoms with E-state index < -0.39 is 11.9 Å². The zero-order chi connectivity index (χ0) is 21.5. The lowest BCUT2D eigenvalue weighted by Gasteiger charge is -2.07. The average molecular weight is 408 g/mol. The van der Waals surface area contributed by atoms with E-state index in [4.69, 9.17) is 19.0 Å². The van der Waals surface area contributed by atoms with E-state index in [2.05, 4.69) is 10.5 Å². The van der Waals surface area contributed by atoms with Crippen LogP contribution in [0.1, 0.15) is 23.0 Å². The third-order valence-corrected chi connectivity index (χ3v) is 4.18. The summed E-state index contributed by atoms with van der Waals surface area (Å²) >= 11 is 0. The van der Waals surface area contributed by atoms with Crippen LogP contribution in [0.15, 0.2) is 70.2 Å². The topological polar surface area (TPSA) is 110 Å². The summed E-state index contributed by atoms with van der Waals surface area (Å²) in [7, 11) is 1.57. The number of carboxylic acids is 1. The van der Waals surface area contributed by atoms with Gasteiger partial charge in [-0.3, -0.25) is 4.79 Å². The first-order chi connectivity index (χ1) is 14.5. The van der Waals surface area contributed by atoms with E-state index in [9.17, 15) is 9.59 Å². The minimum absolute atomic E-state index is 0.119. The maximum absolute atomic E-state index is 11.9. The van der Waals surface area contributed by atoms with Crippen LogP contribution in [-0.2, 0) is 4.79 Å². The summed E-state index contributed by atoms with van der Waals surface area (Å²) in [5.41, 5.74) is 4.58. The summed E-state index contributed by atoms with van der Waals surface area (Å²) in [6.45, 7) is 1.58. The normalized spacial score (nSPS) is 11.1. The predicted molar refractivity (Wildman–Crippen MR) is 110 cm³/mol. The van der Waals surface area contributed by atoms with Gasteiger partial charge in [-0.25, -0.2) is 10.2 Å². The molecule has 0 radical (unpaired) electrons. The first kappa shape index (κ1) is 20.7. The van der Waals surface area contributed by atoms with Gasteiger partial charge in [0.1, 0.15) is 17.3 Å². The van der Waals surface area contributed by atoms with Crippen LogP contribution in [0.2, 0.25) is 0 Å². The Balaban J connectivity index is 1.55. The molecule has 0 saturated carbocycles. The van der Waals surface area contributed by atoms with Crippen molar-refractivity contribution in [1.29, 1.82) is 0 Å². The minimum atomic E-state index is -1.12. The zero-order valence-electron chi connectivity index (χ0n) is 16.4. The Labute approximate surface area is 172 Å². The van der Waals surface area contributed by atoms with Crippen LogP contribution in [0.5, 0.6) is 11.5 Å². The second kappa shape index (κ2) is 9.42. The maximum atomic E-state index is 11.9. The Morgan fingerprint density at radius 3 is 2.27 bits per heavy atom. The third-order valence-electron chi connectivity index (χ3n) is 4.18. The van der Waals surface area contributed by atoms with Crippen molar-refractivity contribution in [1.82, 2.24) is 5.43 Å². The van der Waals surface area contributed by atoms with E-state index >= 15 is 0 Å². The van der Waals surface area contributed by atoms with Crippen molar-refractivity contribution in [3.8, 4) is 22.8 Å². The lowest BCUT2D eigenvalue weighted by atomic mass is 10.1. The van der Waals surface area contributed by atoms with Crippen molar-refractivity contribution in [3.05, 3.63) is 72.0 Å². The van der Waals surface area contributed by atoms with Gasteiger partial charge in [-0.15, -0.1) is 0 Å². The van der Waals surface area contributed by atoms with Crippen molar-refractivity contribution in [2.45, 2.75) is 6.92 Å². The molecule has 30 heavy (non-hydrogen) atoms. The molecule has 0 atom stereocenters. The van der Waals surface area contributed by atoms with Crippen LogP contribution in [0.25, 0.3) is 11.3 Å². The van der Waals surface area contributed by atoms with Crippen molar-refractivity contribution < 1.29 is 28.6 Å². The van der Waals surface area contributed by atoms with Crippen molar-refractivity contribution in [3.63, 3.8) is 0 Å². The van der Waals surface area contributed by atoms with E-state index in [-0.39, 0.29) is 12.4 Å². The summed E-state index contributed by atoms with van der Waals surface area (Å²) in [5.74, 6) is 0.0775. The predicted octanol–water partition coefficient (Wildman–Crippen LogP) is 3.57. The number of nitrogens with zero attached hydrogens (tertiary/aromatic N) is 1. The van der Waals surface area contributed by atoms with Gasteiger partial charge >= 0.3 is 5.97 Å². The first-order valence-electron chi connectivity index (χ1n) is 9.00. The van der Waals surface area contributed by atoms with Crippen molar-refractivity contribution in [2.75, 3.05) is 13.7 Å². The van der Waals surface area contributed by atoms with E-state index in [1.165, 1.54) is 6.07 Å². The molecule has 0 spiro atoms. The molecule has 0 fully saturated rings. The lowest BCUT2D eigenvalue weighted by Crippen LogP contribution is -2.25. The summed E-state index contributed by atoms with van der Waals surface area (Å²) in [4.78, 5) is 22.9. The van der Waals surface area contributed by atoms with Crippen LogP contribution < -0.4 is 14.9 Å². The standard InChI is InChI=1S/C22H20N2O6/c1-14(23-24-21(25)13-29-18-9-7-17(28-2)8-10-18)15-3-5-16(6-4-15)19-11-12-20(30-19)22(26)27/h3-12H,13H2,1-2H3,(H,24,25)(H,26,27)/b23-14-. The number of hydrogen-bond acceptors (Lipinski definition) is 6. The molecule has 0 unspecified atom stereocenters. The van der Waals surface area contributed by atoms with E-state index in [0.29, 0.717) is 23.0 Å². The van der Waals surface area contributed by atoms with Gasteiger partial charge in [0.25, 0.3) is 5.91 Å². The number of hydrazone groups is 1. The number of carbonyl (C=O) groups is 2. The quantitative estimate of drug-likeness (QED) is 0.435. The molecule has 0 aliphatic carbocycles.